The first-order chi connectivity index (χ1) is 8.23. The molecule has 1 aromatic rings. The average Bonchev–Trinajstić information content (AvgIpc) is 3.18. The van der Waals surface area contributed by atoms with E-state index in [9.17, 15) is 0 Å². The molecule has 3 heteroatoms. The number of hydrogen-bond donors (Lipinski definition) is 2. The molecule has 0 saturated heterocycles. The second kappa shape index (κ2) is 3.66. The number of nitrogens with two attached hydrogens (primary N) is 1. The summed E-state index contributed by atoms with van der Waals surface area (Å²) in [6, 6.07) is 7.69. The van der Waals surface area contributed by atoms with Gasteiger partial charge in [-0.1, -0.05) is 0 Å². The molecule has 2 fully saturated rings. The van der Waals surface area contributed by atoms with E-state index >= 15 is 0 Å². The smallest absolute Gasteiger partial charge is 0.101 e. The fourth-order valence-corrected chi connectivity index (χ4v) is 2.67. The van der Waals surface area contributed by atoms with Crippen molar-refractivity contribution in [2.24, 2.45) is 11.3 Å². The Kier molecular flexibility index (Phi) is 2.25. The van der Waals surface area contributed by atoms with Gasteiger partial charge in [-0.3, -0.25) is 0 Å². The van der Waals surface area contributed by atoms with Crippen LogP contribution in [0.2, 0.25) is 0 Å². The lowest BCUT2D eigenvalue weighted by Crippen LogP contribution is -2.17. The van der Waals surface area contributed by atoms with E-state index in [4.69, 9.17) is 11.0 Å². The van der Waals surface area contributed by atoms with Crippen LogP contribution in [0.25, 0.3) is 0 Å². The van der Waals surface area contributed by atoms with Crippen LogP contribution in [0.5, 0.6) is 0 Å². The van der Waals surface area contributed by atoms with Gasteiger partial charge in [0, 0.05) is 12.2 Å². The van der Waals surface area contributed by atoms with E-state index in [1.807, 2.05) is 12.1 Å². The first-order valence-electron chi connectivity index (χ1n) is 6.27. The van der Waals surface area contributed by atoms with Crippen molar-refractivity contribution in [1.82, 2.24) is 0 Å². The van der Waals surface area contributed by atoms with Gasteiger partial charge in [0.15, 0.2) is 0 Å². The SMILES string of the molecule is N#Cc1cc(N)ccc1NCC1(C2CC2)CC1. The Labute approximate surface area is 102 Å². The molecule has 0 bridgehead atoms. The molecule has 0 spiro atoms. The maximum Gasteiger partial charge on any atom is 0.101 e. The van der Waals surface area contributed by atoms with Crippen molar-refractivity contribution in [3.8, 4) is 6.07 Å². The van der Waals surface area contributed by atoms with E-state index < -0.39 is 0 Å². The van der Waals surface area contributed by atoms with Crippen molar-refractivity contribution in [3.63, 3.8) is 0 Å². The van der Waals surface area contributed by atoms with E-state index in [2.05, 4.69) is 11.4 Å². The molecule has 1 aromatic carbocycles. The molecule has 88 valence electrons. The molecule has 0 aromatic heterocycles. The minimum absolute atomic E-state index is 0.550. The molecule has 3 nitrogen and oxygen atoms in total. The minimum atomic E-state index is 0.550. The molecule has 2 saturated carbocycles. The van der Waals surface area contributed by atoms with Gasteiger partial charge >= 0.3 is 0 Å². The molecule has 0 radical (unpaired) electrons. The summed E-state index contributed by atoms with van der Waals surface area (Å²) in [6.07, 6.45) is 5.49. The highest BCUT2D eigenvalue weighted by Gasteiger charge is 2.53. The van der Waals surface area contributed by atoms with Crippen molar-refractivity contribution in [3.05, 3.63) is 23.8 Å². The lowest BCUT2D eigenvalue weighted by molar-refractivity contribution is 0.467. The average molecular weight is 227 g/mol. The first-order valence-corrected chi connectivity index (χ1v) is 6.27. The molecular weight excluding hydrogens is 210 g/mol. The van der Waals surface area contributed by atoms with Crippen LogP contribution in [-0.4, -0.2) is 6.54 Å². The fourth-order valence-electron chi connectivity index (χ4n) is 2.67. The zero-order chi connectivity index (χ0) is 11.9. The highest BCUT2D eigenvalue weighted by molar-refractivity contribution is 5.63. The van der Waals surface area contributed by atoms with Crippen LogP contribution in [0.3, 0.4) is 0 Å². The molecule has 3 rings (SSSR count). The van der Waals surface area contributed by atoms with E-state index in [1.54, 1.807) is 6.07 Å². The van der Waals surface area contributed by atoms with Crippen LogP contribution < -0.4 is 11.1 Å². The fraction of sp³-hybridized carbons (Fsp3) is 0.500. The summed E-state index contributed by atoms with van der Waals surface area (Å²) in [4.78, 5) is 0. The van der Waals surface area contributed by atoms with Crippen LogP contribution in [-0.2, 0) is 0 Å². The van der Waals surface area contributed by atoms with Gasteiger partial charge in [0.1, 0.15) is 6.07 Å². The molecule has 0 heterocycles. The van der Waals surface area contributed by atoms with Crippen molar-refractivity contribution in [2.45, 2.75) is 25.7 Å². The maximum absolute atomic E-state index is 9.06. The molecule has 0 aliphatic heterocycles. The second-order valence-electron chi connectivity index (χ2n) is 5.41. The van der Waals surface area contributed by atoms with Crippen LogP contribution in [0, 0.1) is 22.7 Å². The van der Waals surface area contributed by atoms with Gasteiger partial charge in [0.05, 0.1) is 11.3 Å². The Morgan fingerprint density at radius 3 is 2.76 bits per heavy atom. The largest absolute Gasteiger partial charge is 0.399 e. The van der Waals surface area contributed by atoms with Crippen LogP contribution >= 0.6 is 0 Å². The Hall–Kier alpha value is -1.69. The molecule has 2 aliphatic carbocycles. The summed E-state index contributed by atoms with van der Waals surface area (Å²) in [5.74, 6) is 0.939. The van der Waals surface area contributed by atoms with E-state index in [0.29, 0.717) is 16.7 Å². The van der Waals surface area contributed by atoms with Crippen molar-refractivity contribution in [1.29, 1.82) is 5.26 Å². The number of hydrogen-bond acceptors (Lipinski definition) is 3. The molecule has 3 N–H and O–H groups in total. The predicted octanol–water partition coefficient (Wildman–Crippen LogP) is 2.74. The standard InChI is InChI=1S/C14H17N3/c15-8-10-7-12(16)3-4-13(10)17-9-14(5-6-14)11-1-2-11/h3-4,7,11,17H,1-2,5-6,9,16H2. The number of nitriles is 1. The lowest BCUT2D eigenvalue weighted by atomic mass is 10.0. The highest BCUT2D eigenvalue weighted by atomic mass is 14.9. The number of rotatable bonds is 4. The molecule has 2 aliphatic rings. The highest BCUT2D eigenvalue weighted by Crippen LogP contribution is 2.61. The number of nitrogens with one attached hydrogen (secondary N) is 1. The topological polar surface area (TPSA) is 61.8 Å². The maximum atomic E-state index is 9.06. The van der Waals surface area contributed by atoms with Crippen molar-refractivity contribution >= 4 is 11.4 Å². The zero-order valence-corrected chi connectivity index (χ0v) is 9.87. The van der Waals surface area contributed by atoms with Crippen molar-refractivity contribution < 1.29 is 0 Å². The Morgan fingerprint density at radius 1 is 1.41 bits per heavy atom. The van der Waals surface area contributed by atoms with Crippen LogP contribution in [0.4, 0.5) is 11.4 Å². The van der Waals surface area contributed by atoms with Gasteiger partial charge in [-0.2, -0.15) is 5.26 Å². The summed E-state index contributed by atoms with van der Waals surface area (Å²) in [7, 11) is 0. The summed E-state index contributed by atoms with van der Waals surface area (Å²) in [5.41, 5.74) is 8.45. The van der Waals surface area contributed by atoms with Crippen LogP contribution in [0.1, 0.15) is 31.2 Å². The van der Waals surface area contributed by atoms with E-state index in [-0.39, 0.29) is 0 Å². The molecule has 0 amide bonds. The molecule has 17 heavy (non-hydrogen) atoms. The Balaban J connectivity index is 1.71. The monoisotopic (exact) mass is 227 g/mol. The van der Waals surface area contributed by atoms with Gasteiger partial charge < -0.3 is 11.1 Å². The quantitative estimate of drug-likeness (QED) is 0.777. The number of anilines is 2. The van der Waals surface area contributed by atoms with Gasteiger partial charge in [0.2, 0.25) is 0 Å². The van der Waals surface area contributed by atoms with Gasteiger partial charge in [-0.25, -0.2) is 0 Å². The van der Waals surface area contributed by atoms with Crippen molar-refractivity contribution in [2.75, 3.05) is 17.6 Å². The Bertz CT molecular complexity index is 479. The normalized spacial score (nSPS) is 20.6. The first kappa shape index (κ1) is 10.5. The Morgan fingerprint density at radius 2 is 2.18 bits per heavy atom. The van der Waals surface area contributed by atoms with E-state index in [0.717, 1.165) is 18.2 Å². The summed E-state index contributed by atoms with van der Waals surface area (Å²) >= 11 is 0. The van der Waals surface area contributed by atoms with Gasteiger partial charge in [0.25, 0.3) is 0 Å². The zero-order valence-electron chi connectivity index (χ0n) is 9.87. The summed E-state index contributed by atoms with van der Waals surface area (Å²) in [5, 5.41) is 12.5. The molecular formula is C14H17N3. The third-order valence-electron chi connectivity index (χ3n) is 4.13. The predicted molar refractivity (Wildman–Crippen MR) is 68.5 cm³/mol. The van der Waals surface area contributed by atoms with E-state index in [1.165, 1.54) is 25.7 Å². The van der Waals surface area contributed by atoms with Gasteiger partial charge in [-0.05, 0) is 55.2 Å². The lowest BCUT2D eigenvalue weighted by Gasteiger charge is -2.16. The minimum Gasteiger partial charge on any atom is -0.399 e. The third-order valence-corrected chi connectivity index (χ3v) is 4.13. The number of nitrogens with zero attached hydrogens (tertiary/aromatic N) is 1. The second-order valence-corrected chi connectivity index (χ2v) is 5.41. The van der Waals surface area contributed by atoms with Gasteiger partial charge in [-0.15, -0.1) is 0 Å². The number of benzene rings is 1. The third kappa shape index (κ3) is 1.95. The number of nitrogen functional groups attached to an aromatic ring is 1. The molecule has 0 atom stereocenters. The summed E-state index contributed by atoms with van der Waals surface area (Å²) in [6.45, 7) is 1.01. The summed E-state index contributed by atoms with van der Waals surface area (Å²) < 4.78 is 0. The van der Waals surface area contributed by atoms with Crippen LogP contribution in [0.15, 0.2) is 18.2 Å². The molecule has 0 unspecified atom stereocenters.